The van der Waals surface area contributed by atoms with Crippen molar-refractivity contribution >= 4 is 22.2 Å². The number of hydrogen-bond acceptors (Lipinski definition) is 2. The van der Waals surface area contributed by atoms with Crippen LogP contribution in [0.15, 0.2) is 16.6 Å². The van der Waals surface area contributed by atoms with Crippen LogP contribution in [0.2, 0.25) is 0 Å². The Morgan fingerprint density at radius 2 is 2.25 bits per heavy atom. The summed E-state index contributed by atoms with van der Waals surface area (Å²) in [7, 11) is 1.41. The summed E-state index contributed by atoms with van der Waals surface area (Å²) in [5.74, 6) is -0.187. The lowest BCUT2D eigenvalue weighted by Crippen LogP contribution is -1.90. The lowest BCUT2D eigenvalue weighted by Gasteiger charge is -2.03. The van der Waals surface area contributed by atoms with Gasteiger partial charge in [-0.2, -0.15) is 0 Å². The maximum atomic E-state index is 12.9. The molecule has 0 amide bonds. The zero-order chi connectivity index (χ0) is 9.14. The van der Waals surface area contributed by atoms with E-state index in [9.17, 15) is 9.18 Å². The van der Waals surface area contributed by atoms with Crippen LogP contribution >= 0.6 is 15.9 Å². The number of hydrogen-bond donors (Lipinski definition) is 0. The lowest BCUT2D eigenvalue weighted by atomic mass is 10.2. The van der Waals surface area contributed by atoms with Crippen LogP contribution in [0.1, 0.15) is 10.4 Å². The van der Waals surface area contributed by atoms with Crippen molar-refractivity contribution in [1.82, 2.24) is 0 Å². The Bertz CT molecular complexity index is 312. The molecule has 0 saturated carbocycles. The van der Waals surface area contributed by atoms with Gasteiger partial charge in [-0.1, -0.05) is 0 Å². The van der Waals surface area contributed by atoms with Gasteiger partial charge in [-0.3, -0.25) is 4.79 Å². The summed E-state index contributed by atoms with van der Waals surface area (Å²) in [6.07, 6.45) is 0.568. The monoisotopic (exact) mass is 232 g/mol. The van der Waals surface area contributed by atoms with Crippen molar-refractivity contribution in [3.63, 3.8) is 0 Å². The first kappa shape index (κ1) is 9.19. The van der Waals surface area contributed by atoms with Crippen LogP contribution in [0.5, 0.6) is 5.75 Å². The summed E-state index contributed by atoms with van der Waals surface area (Å²) in [5.41, 5.74) is 0.257. The van der Waals surface area contributed by atoms with Gasteiger partial charge in [0.15, 0.2) is 0 Å². The molecule has 1 rings (SSSR count). The van der Waals surface area contributed by atoms with Gasteiger partial charge in [0.25, 0.3) is 0 Å². The van der Waals surface area contributed by atoms with Gasteiger partial charge >= 0.3 is 0 Å². The molecule has 0 saturated heterocycles. The predicted octanol–water partition coefficient (Wildman–Crippen LogP) is 2.41. The highest BCUT2D eigenvalue weighted by Crippen LogP contribution is 2.28. The number of carbonyl (C=O) groups excluding carboxylic acids is 1. The average Bonchev–Trinajstić information content (AvgIpc) is 2.09. The third-order valence-corrected chi connectivity index (χ3v) is 2.14. The van der Waals surface area contributed by atoms with E-state index in [2.05, 4.69) is 15.9 Å². The second kappa shape index (κ2) is 3.67. The normalized spacial score (nSPS) is 9.58. The number of carbonyl (C=O) groups is 1. The molecule has 0 heterocycles. The molecule has 0 aliphatic heterocycles. The molecule has 2 nitrogen and oxygen atoms in total. The number of methoxy groups -OCH3 is 1. The molecule has 64 valence electrons. The van der Waals surface area contributed by atoms with Crippen molar-refractivity contribution in [3.8, 4) is 5.75 Å². The Morgan fingerprint density at radius 1 is 1.58 bits per heavy atom. The first-order valence-corrected chi connectivity index (χ1v) is 3.96. The summed E-state index contributed by atoms with van der Waals surface area (Å²) in [6.45, 7) is 0. The first-order valence-electron chi connectivity index (χ1n) is 3.17. The molecule has 4 heteroatoms. The summed E-state index contributed by atoms with van der Waals surface area (Å²) >= 11 is 2.99. The van der Waals surface area contributed by atoms with E-state index in [4.69, 9.17) is 4.74 Å². The predicted molar refractivity (Wildman–Crippen MR) is 46.0 cm³/mol. The molecule has 0 aliphatic rings. The van der Waals surface area contributed by atoms with Gasteiger partial charge < -0.3 is 4.74 Å². The Labute approximate surface area is 77.5 Å². The minimum Gasteiger partial charge on any atom is -0.495 e. The molecule has 0 radical (unpaired) electrons. The van der Waals surface area contributed by atoms with Gasteiger partial charge in [-0.25, -0.2) is 4.39 Å². The Balaban J connectivity index is 3.28. The van der Waals surface area contributed by atoms with Crippen molar-refractivity contribution in [2.45, 2.75) is 0 Å². The molecule has 0 spiro atoms. The highest BCUT2D eigenvalue weighted by molar-refractivity contribution is 9.10. The van der Waals surface area contributed by atoms with E-state index in [0.717, 1.165) is 6.07 Å². The molecule has 0 atom stereocenters. The smallest absolute Gasteiger partial charge is 0.150 e. The first-order chi connectivity index (χ1) is 5.69. The molecule has 12 heavy (non-hydrogen) atoms. The molecule has 0 aromatic heterocycles. The number of halogens is 2. The van der Waals surface area contributed by atoms with Crippen LogP contribution < -0.4 is 4.74 Å². The quantitative estimate of drug-likeness (QED) is 0.733. The van der Waals surface area contributed by atoms with Crippen LogP contribution in [0.4, 0.5) is 4.39 Å². The third-order valence-electron chi connectivity index (χ3n) is 1.37. The number of benzene rings is 1. The summed E-state index contributed by atoms with van der Waals surface area (Å²) in [5, 5.41) is 0. The van der Waals surface area contributed by atoms with E-state index in [-0.39, 0.29) is 10.0 Å². The minimum absolute atomic E-state index is 0.232. The molecule has 0 unspecified atom stereocenters. The summed E-state index contributed by atoms with van der Waals surface area (Å²) < 4.78 is 18.0. The topological polar surface area (TPSA) is 26.3 Å². The van der Waals surface area contributed by atoms with Crippen LogP contribution in [-0.4, -0.2) is 13.4 Å². The Hall–Kier alpha value is -0.900. The largest absolute Gasteiger partial charge is 0.495 e. The van der Waals surface area contributed by atoms with Crippen LogP contribution in [-0.2, 0) is 0 Å². The van der Waals surface area contributed by atoms with Crippen molar-refractivity contribution in [2.24, 2.45) is 0 Å². The van der Waals surface area contributed by atoms with Crippen LogP contribution in [0.3, 0.4) is 0 Å². The highest BCUT2D eigenvalue weighted by Gasteiger charge is 2.07. The molecule has 0 bridgehead atoms. The number of rotatable bonds is 2. The highest BCUT2D eigenvalue weighted by atomic mass is 79.9. The van der Waals surface area contributed by atoms with Gasteiger partial charge in [0, 0.05) is 5.56 Å². The van der Waals surface area contributed by atoms with Gasteiger partial charge in [0.1, 0.15) is 17.9 Å². The van der Waals surface area contributed by atoms with E-state index < -0.39 is 5.82 Å². The summed E-state index contributed by atoms with van der Waals surface area (Å²) in [6, 6.07) is 2.60. The Morgan fingerprint density at radius 3 is 2.75 bits per heavy atom. The maximum Gasteiger partial charge on any atom is 0.150 e. The molecule has 1 aromatic carbocycles. The van der Waals surface area contributed by atoms with E-state index >= 15 is 0 Å². The van der Waals surface area contributed by atoms with Crippen molar-refractivity contribution in [1.29, 1.82) is 0 Å². The fourth-order valence-corrected chi connectivity index (χ4v) is 1.19. The number of ether oxygens (including phenoxy) is 1. The fourth-order valence-electron chi connectivity index (χ4n) is 0.800. The lowest BCUT2D eigenvalue weighted by molar-refractivity contribution is 0.112. The van der Waals surface area contributed by atoms with Crippen molar-refractivity contribution < 1.29 is 13.9 Å². The maximum absolute atomic E-state index is 12.9. The molecule has 0 aliphatic carbocycles. The summed E-state index contributed by atoms with van der Waals surface area (Å²) in [4.78, 5) is 10.3. The van der Waals surface area contributed by atoms with E-state index in [0.29, 0.717) is 12.0 Å². The Kier molecular flexibility index (Phi) is 2.81. The standard InChI is InChI=1S/C8H6BrFO2/c1-12-7-3-5(4-11)2-6(10)8(7)9/h2-4H,1H3. The fraction of sp³-hybridized carbons (Fsp3) is 0.125. The van der Waals surface area contributed by atoms with E-state index in [1.54, 1.807) is 0 Å². The molecular formula is C8H6BrFO2. The van der Waals surface area contributed by atoms with Crippen LogP contribution in [0.25, 0.3) is 0 Å². The van der Waals surface area contributed by atoms with Gasteiger partial charge in [0.05, 0.1) is 11.6 Å². The zero-order valence-electron chi connectivity index (χ0n) is 6.30. The van der Waals surface area contributed by atoms with Crippen molar-refractivity contribution in [3.05, 3.63) is 28.0 Å². The number of aldehydes is 1. The zero-order valence-corrected chi connectivity index (χ0v) is 7.89. The minimum atomic E-state index is -0.503. The second-order valence-corrected chi connectivity index (χ2v) is 2.93. The van der Waals surface area contributed by atoms with Crippen molar-refractivity contribution in [2.75, 3.05) is 7.11 Å². The van der Waals surface area contributed by atoms with Crippen LogP contribution in [0, 0.1) is 5.82 Å². The van der Waals surface area contributed by atoms with Gasteiger partial charge in [-0.15, -0.1) is 0 Å². The molecule has 1 aromatic rings. The molecule has 0 N–H and O–H groups in total. The SMILES string of the molecule is COc1cc(C=O)cc(F)c1Br. The second-order valence-electron chi connectivity index (χ2n) is 2.14. The van der Waals surface area contributed by atoms with E-state index in [1.807, 2.05) is 0 Å². The van der Waals surface area contributed by atoms with Gasteiger partial charge in [0.2, 0.25) is 0 Å². The molecular weight excluding hydrogens is 227 g/mol. The van der Waals surface area contributed by atoms with E-state index in [1.165, 1.54) is 13.2 Å². The third kappa shape index (κ3) is 1.64. The average molecular weight is 233 g/mol. The molecule has 0 fully saturated rings. The van der Waals surface area contributed by atoms with Gasteiger partial charge in [-0.05, 0) is 28.1 Å².